The minimum Gasteiger partial charge on any atom is -0.493 e. The summed E-state index contributed by atoms with van der Waals surface area (Å²) in [5.41, 5.74) is 1.16. The second kappa shape index (κ2) is 8.45. The SMILES string of the molecule is COc1cc(CNCCS(C)=O)c(SC)cc1OC. The zero-order chi connectivity index (χ0) is 14.3. The van der Waals surface area contributed by atoms with Gasteiger partial charge in [0.1, 0.15) is 0 Å². The molecule has 0 saturated heterocycles. The molecule has 108 valence electrons. The van der Waals surface area contributed by atoms with E-state index in [1.807, 2.05) is 18.4 Å². The molecule has 0 saturated carbocycles. The monoisotopic (exact) mass is 303 g/mol. The average molecular weight is 303 g/mol. The molecule has 0 bridgehead atoms. The zero-order valence-electron chi connectivity index (χ0n) is 11.8. The molecule has 1 unspecified atom stereocenters. The third-order valence-corrected chi connectivity index (χ3v) is 4.27. The summed E-state index contributed by atoms with van der Waals surface area (Å²) in [6.07, 6.45) is 3.75. The van der Waals surface area contributed by atoms with Crippen molar-refractivity contribution in [1.29, 1.82) is 0 Å². The number of methoxy groups -OCH3 is 2. The molecule has 0 spiro atoms. The highest BCUT2D eigenvalue weighted by Crippen LogP contribution is 2.34. The predicted molar refractivity (Wildman–Crippen MR) is 82.0 cm³/mol. The van der Waals surface area contributed by atoms with E-state index in [0.717, 1.165) is 35.0 Å². The Balaban J connectivity index is 2.77. The Kier molecular flexibility index (Phi) is 7.27. The molecule has 1 aromatic carbocycles. The Labute approximate surface area is 121 Å². The summed E-state index contributed by atoms with van der Waals surface area (Å²) >= 11 is 1.67. The lowest BCUT2D eigenvalue weighted by Gasteiger charge is -2.14. The molecule has 0 aliphatic carbocycles. The maximum Gasteiger partial charge on any atom is 0.161 e. The first-order valence-electron chi connectivity index (χ1n) is 5.92. The molecular formula is C13H21NO3S2. The van der Waals surface area contributed by atoms with Crippen LogP contribution in [0, 0.1) is 0 Å². The number of benzene rings is 1. The van der Waals surface area contributed by atoms with E-state index in [1.165, 1.54) is 0 Å². The van der Waals surface area contributed by atoms with Crippen LogP contribution < -0.4 is 14.8 Å². The van der Waals surface area contributed by atoms with Crippen LogP contribution in [0.5, 0.6) is 11.5 Å². The van der Waals surface area contributed by atoms with Crippen molar-refractivity contribution in [2.75, 3.05) is 39.0 Å². The van der Waals surface area contributed by atoms with Crippen LogP contribution in [0.1, 0.15) is 5.56 Å². The molecule has 4 nitrogen and oxygen atoms in total. The number of ether oxygens (including phenoxy) is 2. The smallest absolute Gasteiger partial charge is 0.161 e. The van der Waals surface area contributed by atoms with Crippen LogP contribution in [-0.2, 0) is 17.3 Å². The molecule has 0 aliphatic heterocycles. The summed E-state index contributed by atoms with van der Waals surface area (Å²) in [5, 5.41) is 3.29. The predicted octanol–water partition coefficient (Wildman–Crippen LogP) is 1.89. The van der Waals surface area contributed by atoms with E-state index < -0.39 is 10.8 Å². The fourth-order valence-corrected chi connectivity index (χ4v) is 2.72. The third-order valence-electron chi connectivity index (χ3n) is 2.67. The van der Waals surface area contributed by atoms with E-state index in [4.69, 9.17) is 9.47 Å². The fourth-order valence-electron chi connectivity index (χ4n) is 1.67. The molecule has 0 radical (unpaired) electrons. The van der Waals surface area contributed by atoms with Crippen LogP contribution in [0.4, 0.5) is 0 Å². The first-order chi connectivity index (χ1) is 9.12. The van der Waals surface area contributed by atoms with Gasteiger partial charge in [-0.3, -0.25) is 4.21 Å². The summed E-state index contributed by atoms with van der Waals surface area (Å²) in [5.74, 6) is 2.14. The average Bonchev–Trinajstić information content (AvgIpc) is 2.42. The Hall–Kier alpha value is -0.720. The van der Waals surface area contributed by atoms with Crippen LogP contribution >= 0.6 is 11.8 Å². The molecule has 1 N–H and O–H groups in total. The Bertz CT molecular complexity index is 438. The molecule has 0 heterocycles. The molecule has 0 aromatic heterocycles. The minimum atomic E-state index is -0.754. The highest BCUT2D eigenvalue weighted by molar-refractivity contribution is 7.98. The molecule has 6 heteroatoms. The molecule has 1 atom stereocenters. The van der Waals surface area contributed by atoms with Crippen molar-refractivity contribution in [2.45, 2.75) is 11.4 Å². The van der Waals surface area contributed by atoms with Gasteiger partial charge in [-0.1, -0.05) is 0 Å². The summed E-state index contributed by atoms with van der Waals surface area (Å²) in [6.45, 7) is 1.47. The van der Waals surface area contributed by atoms with Crippen LogP contribution in [0.25, 0.3) is 0 Å². The highest BCUT2D eigenvalue weighted by Gasteiger charge is 2.10. The standard InChI is InChI=1S/C13H21NO3S2/c1-16-11-7-10(9-14-5-6-19(4)15)13(18-3)8-12(11)17-2/h7-8,14H,5-6,9H2,1-4H3. The van der Waals surface area contributed by atoms with Gasteiger partial charge < -0.3 is 14.8 Å². The van der Waals surface area contributed by atoms with E-state index >= 15 is 0 Å². The van der Waals surface area contributed by atoms with Crippen molar-refractivity contribution in [3.63, 3.8) is 0 Å². The first kappa shape index (κ1) is 16.3. The lowest BCUT2D eigenvalue weighted by Crippen LogP contribution is -2.20. The Morgan fingerprint density at radius 1 is 1.26 bits per heavy atom. The summed E-state index contributed by atoms with van der Waals surface area (Å²) in [4.78, 5) is 1.16. The number of rotatable bonds is 8. The molecule has 1 rings (SSSR count). The van der Waals surface area contributed by atoms with Crippen molar-refractivity contribution < 1.29 is 13.7 Å². The largest absolute Gasteiger partial charge is 0.493 e. The number of thioether (sulfide) groups is 1. The second-order valence-corrected chi connectivity index (χ2v) is 6.38. The Morgan fingerprint density at radius 2 is 1.89 bits per heavy atom. The summed E-state index contributed by atoms with van der Waals surface area (Å²) < 4.78 is 21.6. The van der Waals surface area contributed by atoms with E-state index in [1.54, 1.807) is 32.2 Å². The molecule has 0 amide bonds. The van der Waals surface area contributed by atoms with Gasteiger partial charge in [0.2, 0.25) is 0 Å². The van der Waals surface area contributed by atoms with Gasteiger partial charge in [-0.05, 0) is 24.0 Å². The normalized spacial score (nSPS) is 12.2. The van der Waals surface area contributed by atoms with Gasteiger partial charge in [0.05, 0.1) is 14.2 Å². The van der Waals surface area contributed by atoms with Crippen molar-refractivity contribution in [1.82, 2.24) is 5.32 Å². The quantitative estimate of drug-likeness (QED) is 0.587. The maximum absolute atomic E-state index is 11.0. The second-order valence-electron chi connectivity index (χ2n) is 3.97. The van der Waals surface area contributed by atoms with Crippen LogP contribution in [0.3, 0.4) is 0 Å². The van der Waals surface area contributed by atoms with Gasteiger partial charge in [-0.15, -0.1) is 11.8 Å². The minimum absolute atomic E-state index is 0.669. The molecule has 1 aromatic rings. The van der Waals surface area contributed by atoms with E-state index in [-0.39, 0.29) is 0 Å². The lowest BCUT2D eigenvalue weighted by molar-refractivity contribution is 0.353. The first-order valence-corrected chi connectivity index (χ1v) is 8.87. The summed E-state index contributed by atoms with van der Waals surface area (Å²) in [7, 11) is 2.51. The van der Waals surface area contributed by atoms with Gasteiger partial charge in [-0.2, -0.15) is 0 Å². The Morgan fingerprint density at radius 3 is 2.42 bits per heavy atom. The fraction of sp³-hybridized carbons (Fsp3) is 0.538. The van der Waals surface area contributed by atoms with Gasteiger partial charge in [0, 0.05) is 40.8 Å². The van der Waals surface area contributed by atoms with Crippen molar-refractivity contribution >= 4 is 22.6 Å². The van der Waals surface area contributed by atoms with Crippen molar-refractivity contribution in [3.05, 3.63) is 17.7 Å². The molecule has 19 heavy (non-hydrogen) atoms. The molecular weight excluding hydrogens is 282 g/mol. The topological polar surface area (TPSA) is 47.6 Å². The third kappa shape index (κ3) is 5.04. The van der Waals surface area contributed by atoms with E-state index in [2.05, 4.69) is 5.32 Å². The highest BCUT2D eigenvalue weighted by atomic mass is 32.2. The van der Waals surface area contributed by atoms with Gasteiger partial charge in [-0.25, -0.2) is 0 Å². The number of nitrogens with one attached hydrogen (secondary N) is 1. The molecule has 0 aliphatic rings. The van der Waals surface area contributed by atoms with Gasteiger partial charge in [0.25, 0.3) is 0 Å². The summed E-state index contributed by atoms with van der Waals surface area (Å²) in [6, 6.07) is 3.97. The number of hydrogen-bond donors (Lipinski definition) is 1. The maximum atomic E-state index is 11.0. The van der Waals surface area contributed by atoms with E-state index in [9.17, 15) is 4.21 Å². The van der Waals surface area contributed by atoms with Crippen molar-refractivity contribution in [2.24, 2.45) is 0 Å². The number of hydrogen-bond acceptors (Lipinski definition) is 5. The van der Waals surface area contributed by atoms with Crippen LogP contribution in [0.15, 0.2) is 17.0 Å². The van der Waals surface area contributed by atoms with Gasteiger partial charge >= 0.3 is 0 Å². The lowest BCUT2D eigenvalue weighted by atomic mass is 10.2. The van der Waals surface area contributed by atoms with Crippen LogP contribution in [-0.4, -0.2) is 43.2 Å². The van der Waals surface area contributed by atoms with E-state index in [0.29, 0.717) is 5.75 Å². The zero-order valence-corrected chi connectivity index (χ0v) is 13.5. The van der Waals surface area contributed by atoms with Crippen molar-refractivity contribution in [3.8, 4) is 11.5 Å². The van der Waals surface area contributed by atoms with Crippen LogP contribution in [0.2, 0.25) is 0 Å². The van der Waals surface area contributed by atoms with Gasteiger partial charge in [0.15, 0.2) is 11.5 Å². The molecule has 0 fully saturated rings.